The van der Waals surface area contributed by atoms with Crippen LogP contribution in [0.25, 0.3) is 10.9 Å². The van der Waals surface area contributed by atoms with Crippen molar-refractivity contribution in [3.05, 3.63) is 48.7 Å². The van der Waals surface area contributed by atoms with E-state index in [1.807, 2.05) is 26.0 Å². The summed E-state index contributed by atoms with van der Waals surface area (Å²) in [7, 11) is 0. The number of hydrogen-bond donors (Lipinski definition) is 1. The Balaban J connectivity index is 2.37. The number of carbonyl (C=O) groups is 3. The van der Waals surface area contributed by atoms with Crippen LogP contribution >= 0.6 is 0 Å². The maximum atomic E-state index is 12.5. The van der Waals surface area contributed by atoms with Crippen molar-refractivity contribution in [3.63, 3.8) is 0 Å². The highest BCUT2D eigenvalue weighted by Crippen LogP contribution is 2.22. The van der Waals surface area contributed by atoms with Gasteiger partial charge in [-0.3, -0.25) is 14.4 Å². The summed E-state index contributed by atoms with van der Waals surface area (Å²) in [6, 6.07) is 7.26. The van der Waals surface area contributed by atoms with Crippen molar-refractivity contribution < 1.29 is 14.4 Å². The lowest BCUT2D eigenvalue weighted by Crippen LogP contribution is -2.33. The molecule has 0 unspecified atom stereocenters. The molecule has 1 aromatic heterocycles. The molecule has 0 aliphatic heterocycles. The number of amides is 2. The predicted octanol–water partition coefficient (Wildman–Crippen LogP) is 1.99. The quantitative estimate of drug-likeness (QED) is 0.453. The maximum absolute atomic E-state index is 12.5. The average molecular weight is 341 g/mol. The highest BCUT2D eigenvalue weighted by Gasteiger charge is 2.22. The van der Waals surface area contributed by atoms with Gasteiger partial charge in [0.05, 0.1) is 5.56 Å². The molecule has 2 amide bonds. The second-order valence-electron chi connectivity index (χ2n) is 5.58. The fraction of sp³-hybridized carbons (Fsp3) is 0.316. The van der Waals surface area contributed by atoms with Gasteiger partial charge in [0.1, 0.15) is 6.54 Å². The number of ketones is 1. The number of fused-ring (bicyclic) bond motifs is 1. The molecule has 0 radical (unpaired) electrons. The van der Waals surface area contributed by atoms with E-state index in [1.54, 1.807) is 27.8 Å². The molecule has 6 nitrogen and oxygen atoms in total. The van der Waals surface area contributed by atoms with E-state index in [-0.39, 0.29) is 19.0 Å². The Morgan fingerprint density at radius 2 is 1.88 bits per heavy atom. The topological polar surface area (TPSA) is 71.4 Å². The van der Waals surface area contributed by atoms with E-state index in [0.717, 1.165) is 5.52 Å². The van der Waals surface area contributed by atoms with Gasteiger partial charge < -0.3 is 14.8 Å². The Kier molecular flexibility index (Phi) is 6.11. The lowest BCUT2D eigenvalue weighted by Gasteiger charge is -2.19. The molecule has 0 spiro atoms. The minimum absolute atomic E-state index is 0.0270. The number of para-hydroxylation sites is 1. The summed E-state index contributed by atoms with van der Waals surface area (Å²) in [6.45, 7) is 8.97. The van der Waals surface area contributed by atoms with Crippen molar-refractivity contribution in [2.24, 2.45) is 0 Å². The maximum Gasteiger partial charge on any atom is 0.292 e. The van der Waals surface area contributed by atoms with E-state index >= 15 is 0 Å². The van der Waals surface area contributed by atoms with Gasteiger partial charge in [0.2, 0.25) is 5.91 Å². The summed E-state index contributed by atoms with van der Waals surface area (Å²) in [4.78, 5) is 38.6. The van der Waals surface area contributed by atoms with Gasteiger partial charge >= 0.3 is 0 Å². The Labute approximate surface area is 147 Å². The van der Waals surface area contributed by atoms with E-state index in [2.05, 4.69) is 11.9 Å². The summed E-state index contributed by atoms with van der Waals surface area (Å²) in [5.74, 6) is -1.33. The molecule has 0 saturated heterocycles. The summed E-state index contributed by atoms with van der Waals surface area (Å²) in [5.41, 5.74) is 1.05. The fourth-order valence-corrected chi connectivity index (χ4v) is 2.75. The molecule has 25 heavy (non-hydrogen) atoms. The minimum Gasteiger partial charge on any atom is -0.346 e. The summed E-state index contributed by atoms with van der Waals surface area (Å²) in [5, 5.41) is 3.15. The van der Waals surface area contributed by atoms with Gasteiger partial charge in [-0.25, -0.2) is 0 Å². The van der Waals surface area contributed by atoms with Gasteiger partial charge in [-0.2, -0.15) is 0 Å². The van der Waals surface area contributed by atoms with E-state index in [9.17, 15) is 14.4 Å². The number of rotatable bonds is 8. The number of nitrogens with zero attached hydrogens (tertiary/aromatic N) is 2. The van der Waals surface area contributed by atoms with Crippen LogP contribution in [0.2, 0.25) is 0 Å². The highest BCUT2D eigenvalue weighted by atomic mass is 16.2. The normalized spacial score (nSPS) is 10.5. The summed E-state index contributed by atoms with van der Waals surface area (Å²) >= 11 is 0. The number of nitrogens with one attached hydrogen (secondary N) is 1. The number of Topliss-reactive ketones (excluding diaryl/α,β-unsaturated/α-hetero) is 1. The number of carbonyl (C=O) groups excluding carboxylic acids is 3. The predicted molar refractivity (Wildman–Crippen MR) is 97.4 cm³/mol. The molecule has 2 rings (SSSR count). The standard InChI is InChI=1S/C19H23N3O3/c1-4-11-20-19(25)18(24)15-12-22(13-17(23)21(5-2)6-3)16-10-8-7-9-14(15)16/h4,7-10,12H,1,5-6,11,13H2,2-3H3,(H,20,25). The zero-order valence-corrected chi connectivity index (χ0v) is 14.6. The number of hydrogen-bond acceptors (Lipinski definition) is 3. The van der Waals surface area contributed by atoms with Crippen LogP contribution in [0.15, 0.2) is 43.1 Å². The fourth-order valence-electron chi connectivity index (χ4n) is 2.75. The molecule has 0 aliphatic carbocycles. The number of likely N-dealkylation sites (N-methyl/N-ethyl adjacent to an activating group) is 1. The number of aromatic nitrogens is 1. The first kappa shape index (κ1) is 18.4. The van der Waals surface area contributed by atoms with E-state index < -0.39 is 11.7 Å². The Morgan fingerprint density at radius 1 is 1.20 bits per heavy atom. The van der Waals surface area contributed by atoms with Crippen LogP contribution in [0.1, 0.15) is 24.2 Å². The highest BCUT2D eigenvalue weighted by molar-refractivity contribution is 6.45. The molecule has 1 heterocycles. The second kappa shape index (κ2) is 8.28. The summed E-state index contributed by atoms with van der Waals surface area (Å²) < 4.78 is 1.73. The molecular weight excluding hydrogens is 318 g/mol. The first-order chi connectivity index (χ1) is 12.0. The van der Waals surface area contributed by atoms with Crippen molar-refractivity contribution in [3.8, 4) is 0 Å². The van der Waals surface area contributed by atoms with E-state index in [1.165, 1.54) is 6.08 Å². The summed E-state index contributed by atoms with van der Waals surface area (Å²) in [6.07, 6.45) is 3.10. The minimum atomic E-state index is -0.683. The van der Waals surface area contributed by atoms with Crippen molar-refractivity contribution in [1.82, 2.24) is 14.8 Å². The van der Waals surface area contributed by atoms with Gasteiger partial charge in [0.25, 0.3) is 11.7 Å². The van der Waals surface area contributed by atoms with Crippen molar-refractivity contribution in [2.45, 2.75) is 20.4 Å². The van der Waals surface area contributed by atoms with Gasteiger partial charge in [0, 0.05) is 36.7 Å². The molecule has 0 saturated carbocycles. The van der Waals surface area contributed by atoms with Crippen LogP contribution in [0, 0.1) is 0 Å². The van der Waals surface area contributed by atoms with Gasteiger partial charge in [-0.15, -0.1) is 6.58 Å². The van der Waals surface area contributed by atoms with Crippen LogP contribution < -0.4 is 5.32 Å². The molecule has 2 aromatic rings. The van der Waals surface area contributed by atoms with Gasteiger partial charge in [0.15, 0.2) is 0 Å². The molecule has 0 atom stereocenters. The lowest BCUT2D eigenvalue weighted by atomic mass is 10.1. The molecule has 132 valence electrons. The SMILES string of the molecule is C=CCNC(=O)C(=O)c1cn(CC(=O)N(CC)CC)c2ccccc12. The first-order valence-corrected chi connectivity index (χ1v) is 8.32. The Hall–Kier alpha value is -2.89. The Bertz CT molecular complexity index is 803. The molecule has 1 N–H and O–H groups in total. The molecular formula is C19H23N3O3. The van der Waals surface area contributed by atoms with E-state index in [0.29, 0.717) is 24.0 Å². The Morgan fingerprint density at radius 3 is 2.52 bits per heavy atom. The molecule has 0 fully saturated rings. The van der Waals surface area contributed by atoms with E-state index in [4.69, 9.17) is 0 Å². The lowest BCUT2D eigenvalue weighted by molar-refractivity contribution is -0.131. The van der Waals surface area contributed by atoms with Crippen LogP contribution in [0.5, 0.6) is 0 Å². The average Bonchev–Trinajstić information content (AvgIpc) is 2.98. The zero-order valence-electron chi connectivity index (χ0n) is 14.6. The van der Waals surface area contributed by atoms with Crippen molar-refractivity contribution in [1.29, 1.82) is 0 Å². The molecule has 0 aliphatic rings. The largest absolute Gasteiger partial charge is 0.346 e. The van der Waals surface area contributed by atoms with Crippen molar-refractivity contribution in [2.75, 3.05) is 19.6 Å². The molecule has 0 bridgehead atoms. The molecule has 1 aromatic carbocycles. The third-order valence-electron chi connectivity index (χ3n) is 4.07. The molecule has 6 heteroatoms. The van der Waals surface area contributed by atoms with Crippen LogP contribution in [0.3, 0.4) is 0 Å². The third kappa shape index (κ3) is 3.96. The van der Waals surface area contributed by atoms with Crippen LogP contribution in [0.4, 0.5) is 0 Å². The van der Waals surface area contributed by atoms with Gasteiger partial charge in [-0.05, 0) is 19.9 Å². The van der Waals surface area contributed by atoms with Crippen molar-refractivity contribution >= 4 is 28.5 Å². The van der Waals surface area contributed by atoms with Gasteiger partial charge in [-0.1, -0.05) is 24.3 Å². The van der Waals surface area contributed by atoms with Crippen LogP contribution in [-0.4, -0.2) is 46.7 Å². The smallest absolute Gasteiger partial charge is 0.292 e. The first-order valence-electron chi connectivity index (χ1n) is 8.32. The third-order valence-corrected chi connectivity index (χ3v) is 4.07. The number of benzene rings is 1. The zero-order chi connectivity index (χ0) is 18.4. The second-order valence-corrected chi connectivity index (χ2v) is 5.58. The van der Waals surface area contributed by atoms with Crippen LogP contribution in [-0.2, 0) is 16.1 Å². The monoisotopic (exact) mass is 341 g/mol.